The number of alkyl halides is 2. The number of carbonyl (C=O) groups is 1. The Balaban J connectivity index is 1.42. The second-order valence-corrected chi connectivity index (χ2v) is 9.36. The van der Waals surface area contributed by atoms with Crippen LogP contribution in [0, 0.1) is 11.8 Å². The van der Waals surface area contributed by atoms with Gasteiger partial charge >= 0.3 is 6.09 Å². The van der Waals surface area contributed by atoms with Gasteiger partial charge in [-0.25, -0.2) is 13.6 Å². The van der Waals surface area contributed by atoms with E-state index in [2.05, 4.69) is 10.3 Å². The molecule has 0 radical (unpaired) electrons. The van der Waals surface area contributed by atoms with Gasteiger partial charge in [0.1, 0.15) is 5.69 Å². The topological polar surface area (TPSA) is 83.9 Å². The molecular formula is C21H29F2N3O4. The van der Waals surface area contributed by atoms with Crippen LogP contribution in [-0.2, 0) is 0 Å². The predicted molar refractivity (Wildman–Crippen MR) is 106 cm³/mol. The molecule has 2 aliphatic carbocycles. The Hall–Kier alpha value is -2.16. The van der Waals surface area contributed by atoms with Crippen LogP contribution in [0.2, 0.25) is 0 Å². The maximum atomic E-state index is 13.3. The van der Waals surface area contributed by atoms with E-state index in [0.717, 1.165) is 25.7 Å². The Kier molecular flexibility index (Phi) is 5.50. The second kappa shape index (κ2) is 7.83. The molecule has 0 unspecified atom stereocenters. The van der Waals surface area contributed by atoms with Crippen LogP contribution >= 0.6 is 0 Å². The number of hydrogen-bond acceptors (Lipinski definition) is 6. The highest BCUT2D eigenvalue weighted by molar-refractivity contribution is 5.71. The molecule has 30 heavy (non-hydrogen) atoms. The first-order chi connectivity index (χ1) is 14.1. The molecule has 2 heterocycles. The second-order valence-electron chi connectivity index (χ2n) is 9.36. The lowest BCUT2D eigenvalue weighted by Gasteiger charge is -2.40. The first kappa shape index (κ1) is 21.1. The molecule has 1 saturated heterocycles. The zero-order valence-corrected chi connectivity index (χ0v) is 17.4. The molecule has 9 heteroatoms. The molecule has 2 N–H and O–H groups in total. The predicted octanol–water partition coefficient (Wildman–Crippen LogP) is 3.35. The quantitative estimate of drug-likeness (QED) is 0.631. The van der Waals surface area contributed by atoms with Crippen molar-refractivity contribution in [3.05, 3.63) is 12.1 Å². The summed E-state index contributed by atoms with van der Waals surface area (Å²) < 4.78 is 37.7. The van der Waals surface area contributed by atoms with E-state index in [-0.39, 0.29) is 24.8 Å². The molecule has 3 aliphatic rings. The van der Waals surface area contributed by atoms with Gasteiger partial charge in [0.2, 0.25) is 11.8 Å². The standard InChI is InChI=1S/C21H29F2N3O4/c1-20(2,28)16(9-13-3-4-13)24-19(27)30-17-8-7-15(26-11-21(22,23)12-26)18(25-17)29-10-14-5-6-14/h7-8,13-14,16,28H,3-6,9-12H2,1-2H3,(H,24,27)/t16-/m0/s1. The van der Waals surface area contributed by atoms with Gasteiger partial charge in [-0.2, -0.15) is 4.98 Å². The number of carbonyl (C=O) groups excluding carboxylic acids is 1. The van der Waals surface area contributed by atoms with Crippen LogP contribution in [0.3, 0.4) is 0 Å². The van der Waals surface area contributed by atoms with Crippen molar-refractivity contribution in [2.45, 2.75) is 63.5 Å². The van der Waals surface area contributed by atoms with Crippen LogP contribution < -0.4 is 19.7 Å². The number of anilines is 1. The van der Waals surface area contributed by atoms with Crippen molar-refractivity contribution in [3.8, 4) is 11.8 Å². The average molecular weight is 425 g/mol. The maximum Gasteiger partial charge on any atom is 0.414 e. The number of amides is 1. The summed E-state index contributed by atoms with van der Waals surface area (Å²) in [6.07, 6.45) is 4.33. The minimum atomic E-state index is -2.71. The molecule has 166 valence electrons. The smallest absolute Gasteiger partial charge is 0.414 e. The summed E-state index contributed by atoms with van der Waals surface area (Å²) in [5.41, 5.74) is -0.613. The molecule has 1 aromatic heterocycles. The zero-order valence-electron chi connectivity index (χ0n) is 17.4. The molecule has 1 amide bonds. The van der Waals surface area contributed by atoms with Crippen LogP contribution in [-0.4, -0.2) is 53.4 Å². The van der Waals surface area contributed by atoms with Crippen molar-refractivity contribution >= 4 is 11.8 Å². The number of aliphatic hydroxyl groups is 1. The zero-order chi connectivity index (χ0) is 21.5. The third kappa shape index (κ3) is 5.50. The molecule has 1 aliphatic heterocycles. The van der Waals surface area contributed by atoms with Crippen molar-refractivity contribution in [2.75, 3.05) is 24.6 Å². The minimum absolute atomic E-state index is 0.0234. The van der Waals surface area contributed by atoms with Crippen LogP contribution in [0.5, 0.6) is 11.8 Å². The Morgan fingerprint density at radius 1 is 1.30 bits per heavy atom. The monoisotopic (exact) mass is 425 g/mol. The fraction of sp³-hybridized carbons (Fsp3) is 0.714. The van der Waals surface area contributed by atoms with Crippen molar-refractivity contribution in [1.82, 2.24) is 10.3 Å². The number of rotatable bonds is 9. The van der Waals surface area contributed by atoms with E-state index in [0.29, 0.717) is 30.6 Å². The van der Waals surface area contributed by atoms with Gasteiger partial charge in [-0.15, -0.1) is 0 Å². The third-order valence-corrected chi connectivity index (χ3v) is 5.76. The van der Waals surface area contributed by atoms with Crippen LogP contribution in [0.4, 0.5) is 19.3 Å². The first-order valence-electron chi connectivity index (χ1n) is 10.6. The van der Waals surface area contributed by atoms with Crippen LogP contribution in [0.1, 0.15) is 46.0 Å². The molecule has 1 aromatic rings. The summed E-state index contributed by atoms with van der Waals surface area (Å²) in [6, 6.07) is 2.62. The van der Waals surface area contributed by atoms with E-state index < -0.39 is 23.7 Å². The molecule has 4 rings (SSSR count). The molecule has 2 saturated carbocycles. The fourth-order valence-corrected chi connectivity index (χ4v) is 3.46. The van der Waals surface area contributed by atoms with Gasteiger partial charge in [0.25, 0.3) is 5.92 Å². The Morgan fingerprint density at radius 3 is 2.53 bits per heavy atom. The number of pyridine rings is 1. The molecule has 3 fully saturated rings. The molecular weight excluding hydrogens is 396 g/mol. The van der Waals surface area contributed by atoms with Crippen molar-refractivity contribution in [1.29, 1.82) is 0 Å². The average Bonchev–Trinajstić information content (AvgIpc) is 3.51. The summed E-state index contributed by atoms with van der Waals surface area (Å²) in [7, 11) is 0. The van der Waals surface area contributed by atoms with Gasteiger partial charge in [0.15, 0.2) is 0 Å². The number of halogens is 2. The van der Waals surface area contributed by atoms with E-state index in [9.17, 15) is 18.7 Å². The normalized spacial score (nSPS) is 21.6. The van der Waals surface area contributed by atoms with Gasteiger partial charge in [-0.3, -0.25) is 0 Å². The van der Waals surface area contributed by atoms with Gasteiger partial charge in [0.05, 0.1) is 31.3 Å². The van der Waals surface area contributed by atoms with Crippen molar-refractivity contribution in [3.63, 3.8) is 0 Å². The SMILES string of the molecule is CC(C)(O)[C@H](CC1CC1)NC(=O)Oc1ccc(N2CC(F)(F)C2)c(OCC2CC2)n1. The number of nitrogens with one attached hydrogen (secondary N) is 1. The molecule has 0 spiro atoms. The Labute approximate surface area is 174 Å². The van der Waals surface area contributed by atoms with E-state index in [1.807, 2.05) is 0 Å². The summed E-state index contributed by atoms with van der Waals surface area (Å²) in [5.74, 6) is -1.53. The lowest BCUT2D eigenvalue weighted by atomic mass is 9.94. The van der Waals surface area contributed by atoms with Gasteiger partial charge in [-0.05, 0) is 51.0 Å². The number of hydrogen-bond donors (Lipinski definition) is 2. The van der Waals surface area contributed by atoms with Crippen LogP contribution in [0.15, 0.2) is 12.1 Å². The summed E-state index contributed by atoms with van der Waals surface area (Å²) in [5, 5.41) is 13.1. The molecule has 0 aromatic carbocycles. The van der Waals surface area contributed by atoms with Crippen molar-refractivity contribution < 1.29 is 28.2 Å². The molecule has 0 bridgehead atoms. The largest absolute Gasteiger partial charge is 0.476 e. The van der Waals surface area contributed by atoms with Crippen LogP contribution in [0.25, 0.3) is 0 Å². The van der Waals surface area contributed by atoms with E-state index in [1.54, 1.807) is 19.9 Å². The van der Waals surface area contributed by atoms with E-state index >= 15 is 0 Å². The van der Waals surface area contributed by atoms with Crippen molar-refractivity contribution in [2.24, 2.45) is 11.8 Å². The maximum absolute atomic E-state index is 13.3. The van der Waals surface area contributed by atoms with Gasteiger partial charge in [-0.1, -0.05) is 12.8 Å². The van der Waals surface area contributed by atoms with E-state index in [1.165, 1.54) is 11.0 Å². The molecule has 7 nitrogen and oxygen atoms in total. The van der Waals surface area contributed by atoms with Gasteiger partial charge < -0.3 is 24.8 Å². The number of ether oxygens (including phenoxy) is 2. The van der Waals surface area contributed by atoms with E-state index in [4.69, 9.17) is 9.47 Å². The molecule has 1 atom stereocenters. The minimum Gasteiger partial charge on any atom is -0.476 e. The number of nitrogens with zero attached hydrogens (tertiary/aromatic N) is 2. The third-order valence-electron chi connectivity index (χ3n) is 5.76. The summed E-state index contributed by atoms with van der Waals surface area (Å²) in [4.78, 5) is 18.1. The lowest BCUT2D eigenvalue weighted by Crippen LogP contribution is -2.56. The highest BCUT2D eigenvalue weighted by atomic mass is 19.3. The summed E-state index contributed by atoms with van der Waals surface area (Å²) in [6.45, 7) is 3.00. The Morgan fingerprint density at radius 2 is 1.97 bits per heavy atom. The van der Waals surface area contributed by atoms with Gasteiger partial charge in [0, 0.05) is 6.07 Å². The first-order valence-corrected chi connectivity index (χ1v) is 10.6. The highest BCUT2D eigenvalue weighted by Crippen LogP contribution is 2.39. The summed E-state index contributed by atoms with van der Waals surface area (Å²) >= 11 is 0. The fourth-order valence-electron chi connectivity index (χ4n) is 3.46. The Bertz CT molecular complexity index is 783. The number of aromatic nitrogens is 1. The lowest BCUT2D eigenvalue weighted by molar-refractivity contribution is -0.0265. The highest BCUT2D eigenvalue weighted by Gasteiger charge is 2.45.